The second-order valence-corrected chi connectivity index (χ2v) is 7.49. The standard InChI is InChI=1S/C14H22FN3O2S/c1-17-7-5-12(6-8-17)18(2)21(19,20)14-9-11(10-16)3-4-13(14)15/h3-4,9,12H,5-8,10,16H2,1-2H3. The third-order valence-corrected chi connectivity index (χ3v) is 6.02. The summed E-state index contributed by atoms with van der Waals surface area (Å²) in [5.74, 6) is -0.730. The smallest absolute Gasteiger partial charge is 0.245 e. The first-order valence-electron chi connectivity index (χ1n) is 7.01. The van der Waals surface area contributed by atoms with Crippen LogP contribution in [0.3, 0.4) is 0 Å². The predicted octanol–water partition coefficient (Wildman–Crippen LogP) is 0.999. The third-order valence-electron chi connectivity index (χ3n) is 4.09. The molecule has 1 heterocycles. The second kappa shape index (κ2) is 6.39. The molecule has 0 bridgehead atoms. The number of nitrogens with two attached hydrogens (primary N) is 1. The normalized spacial score (nSPS) is 18.3. The van der Waals surface area contributed by atoms with Crippen LogP contribution >= 0.6 is 0 Å². The van der Waals surface area contributed by atoms with Gasteiger partial charge < -0.3 is 10.6 Å². The zero-order chi connectivity index (χ0) is 15.6. The highest BCUT2D eigenvalue weighted by Crippen LogP contribution is 2.25. The fourth-order valence-electron chi connectivity index (χ4n) is 2.58. The van der Waals surface area contributed by atoms with Crippen LogP contribution in [0.25, 0.3) is 0 Å². The van der Waals surface area contributed by atoms with Crippen molar-refractivity contribution in [3.05, 3.63) is 29.6 Å². The number of halogens is 1. The Morgan fingerprint density at radius 2 is 2.00 bits per heavy atom. The molecule has 0 spiro atoms. The number of nitrogens with zero attached hydrogens (tertiary/aromatic N) is 2. The molecule has 1 fully saturated rings. The van der Waals surface area contributed by atoms with Crippen LogP contribution in [0.15, 0.2) is 23.1 Å². The maximum atomic E-state index is 13.9. The molecule has 1 aliphatic rings. The molecule has 7 heteroatoms. The second-order valence-electron chi connectivity index (χ2n) is 5.52. The first-order valence-corrected chi connectivity index (χ1v) is 8.45. The fraction of sp³-hybridized carbons (Fsp3) is 0.571. The molecule has 2 N–H and O–H groups in total. The van der Waals surface area contributed by atoms with E-state index in [0.717, 1.165) is 32.0 Å². The van der Waals surface area contributed by atoms with Crippen LogP contribution in [0.4, 0.5) is 4.39 Å². The van der Waals surface area contributed by atoms with Crippen molar-refractivity contribution >= 4 is 10.0 Å². The van der Waals surface area contributed by atoms with Gasteiger partial charge in [0.2, 0.25) is 10.0 Å². The number of rotatable bonds is 4. The quantitative estimate of drug-likeness (QED) is 0.900. The molecule has 0 aromatic heterocycles. The number of sulfonamides is 1. The Balaban J connectivity index is 2.29. The van der Waals surface area contributed by atoms with Crippen LogP contribution in [0.2, 0.25) is 0 Å². The van der Waals surface area contributed by atoms with E-state index >= 15 is 0 Å². The summed E-state index contributed by atoms with van der Waals surface area (Å²) in [6, 6.07) is 3.91. The number of hydrogen-bond donors (Lipinski definition) is 1. The number of benzene rings is 1. The Labute approximate surface area is 125 Å². The van der Waals surface area contributed by atoms with E-state index in [-0.39, 0.29) is 17.5 Å². The zero-order valence-corrected chi connectivity index (χ0v) is 13.2. The molecule has 2 rings (SSSR count). The number of likely N-dealkylation sites (tertiary alicyclic amines) is 1. The summed E-state index contributed by atoms with van der Waals surface area (Å²) < 4.78 is 40.5. The first-order chi connectivity index (χ1) is 9.86. The van der Waals surface area contributed by atoms with Gasteiger partial charge in [0.05, 0.1) is 0 Å². The van der Waals surface area contributed by atoms with E-state index in [1.165, 1.54) is 23.5 Å². The molecule has 1 aromatic rings. The van der Waals surface area contributed by atoms with E-state index in [0.29, 0.717) is 5.56 Å². The first kappa shape index (κ1) is 16.4. The average Bonchev–Trinajstić information content (AvgIpc) is 2.47. The van der Waals surface area contributed by atoms with Gasteiger partial charge in [-0.05, 0) is 50.7 Å². The van der Waals surface area contributed by atoms with Crippen LogP contribution < -0.4 is 5.73 Å². The van der Waals surface area contributed by atoms with E-state index in [4.69, 9.17) is 5.73 Å². The lowest BCUT2D eigenvalue weighted by atomic mass is 10.1. The maximum absolute atomic E-state index is 13.9. The fourth-order valence-corrected chi connectivity index (χ4v) is 4.11. The molecule has 118 valence electrons. The van der Waals surface area contributed by atoms with Gasteiger partial charge >= 0.3 is 0 Å². The minimum absolute atomic E-state index is 0.0906. The van der Waals surface area contributed by atoms with Crippen molar-refractivity contribution in [1.29, 1.82) is 0 Å². The highest BCUT2D eigenvalue weighted by molar-refractivity contribution is 7.89. The Morgan fingerprint density at radius 1 is 1.38 bits per heavy atom. The summed E-state index contributed by atoms with van der Waals surface area (Å²) in [4.78, 5) is 1.87. The molecule has 0 saturated carbocycles. The number of hydrogen-bond acceptors (Lipinski definition) is 4. The average molecular weight is 315 g/mol. The lowest BCUT2D eigenvalue weighted by molar-refractivity contribution is 0.197. The lowest BCUT2D eigenvalue weighted by Gasteiger charge is -2.34. The number of piperidine rings is 1. The molecule has 5 nitrogen and oxygen atoms in total. The zero-order valence-electron chi connectivity index (χ0n) is 12.4. The van der Waals surface area contributed by atoms with Crippen molar-refractivity contribution in [2.45, 2.75) is 30.3 Å². The van der Waals surface area contributed by atoms with Gasteiger partial charge in [-0.2, -0.15) is 4.31 Å². The lowest BCUT2D eigenvalue weighted by Crippen LogP contribution is -2.44. The third kappa shape index (κ3) is 3.42. The molecule has 0 unspecified atom stereocenters. The van der Waals surface area contributed by atoms with E-state index < -0.39 is 15.8 Å². The summed E-state index contributed by atoms with van der Waals surface area (Å²) in [6.45, 7) is 1.87. The molecule has 1 saturated heterocycles. The van der Waals surface area contributed by atoms with Crippen LogP contribution in [0.5, 0.6) is 0 Å². The molecule has 0 aliphatic carbocycles. The van der Waals surface area contributed by atoms with Gasteiger partial charge in [0, 0.05) is 19.6 Å². The molecule has 21 heavy (non-hydrogen) atoms. The van der Waals surface area contributed by atoms with Crippen LogP contribution in [0.1, 0.15) is 18.4 Å². The molecular weight excluding hydrogens is 293 g/mol. The monoisotopic (exact) mass is 315 g/mol. The van der Waals surface area contributed by atoms with Crippen molar-refractivity contribution in [2.24, 2.45) is 5.73 Å². The molecule has 1 aromatic carbocycles. The Hall–Kier alpha value is -1.02. The van der Waals surface area contributed by atoms with E-state index in [1.807, 2.05) is 7.05 Å². The van der Waals surface area contributed by atoms with Crippen molar-refractivity contribution in [2.75, 3.05) is 27.2 Å². The largest absolute Gasteiger partial charge is 0.326 e. The van der Waals surface area contributed by atoms with Gasteiger partial charge in [0.15, 0.2) is 0 Å². The Bertz CT molecular complexity index is 598. The van der Waals surface area contributed by atoms with Gasteiger partial charge in [-0.3, -0.25) is 0 Å². The van der Waals surface area contributed by atoms with Gasteiger partial charge in [0.25, 0.3) is 0 Å². The summed E-state index contributed by atoms with van der Waals surface area (Å²) in [5, 5.41) is 0. The van der Waals surface area contributed by atoms with Crippen molar-refractivity contribution in [3.63, 3.8) is 0 Å². The minimum atomic E-state index is -3.84. The highest BCUT2D eigenvalue weighted by Gasteiger charge is 2.32. The predicted molar refractivity (Wildman–Crippen MR) is 79.8 cm³/mol. The van der Waals surface area contributed by atoms with Crippen LogP contribution in [0, 0.1) is 5.82 Å². The summed E-state index contributed by atoms with van der Waals surface area (Å²) in [6.07, 6.45) is 1.51. The Kier molecular flexibility index (Phi) is 4.98. The van der Waals surface area contributed by atoms with Crippen molar-refractivity contribution < 1.29 is 12.8 Å². The van der Waals surface area contributed by atoms with Crippen LogP contribution in [-0.4, -0.2) is 50.8 Å². The highest BCUT2D eigenvalue weighted by atomic mass is 32.2. The van der Waals surface area contributed by atoms with Gasteiger partial charge in [-0.1, -0.05) is 6.07 Å². The van der Waals surface area contributed by atoms with Gasteiger partial charge in [-0.25, -0.2) is 12.8 Å². The summed E-state index contributed by atoms with van der Waals surface area (Å²) in [5.41, 5.74) is 6.11. The van der Waals surface area contributed by atoms with Crippen LogP contribution in [-0.2, 0) is 16.6 Å². The van der Waals surface area contributed by atoms with E-state index in [9.17, 15) is 12.8 Å². The summed E-state index contributed by atoms with van der Waals surface area (Å²) in [7, 11) is -0.298. The van der Waals surface area contributed by atoms with Crippen molar-refractivity contribution in [1.82, 2.24) is 9.21 Å². The molecule has 0 amide bonds. The van der Waals surface area contributed by atoms with Gasteiger partial charge in [-0.15, -0.1) is 0 Å². The van der Waals surface area contributed by atoms with E-state index in [1.54, 1.807) is 0 Å². The molecular formula is C14H22FN3O2S. The molecule has 1 aliphatic heterocycles. The minimum Gasteiger partial charge on any atom is -0.326 e. The molecule has 0 radical (unpaired) electrons. The molecule has 0 atom stereocenters. The SMILES string of the molecule is CN1CCC(N(C)S(=O)(=O)c2cc(CN)ccc2F)CC1. The van der Waals surface area contributed by atoms with E-state index in [2.05, 4.69) is 4.90 Å². The van der Waals surface area contributed by atoms with Crippen molar-refractivity contribution in [3.8, 4) is 0 Å². The topological polar surface area (TPSA) is 66.6 Å². The summed E-state index contributed by atoms with van der Waals surface area (Å²) >= 11 is 0. The Morgan fingerprint density at radius 3 is 2.57 bits per heavy atom. The van der Waals surface area contributed by atoms with Gasteiger partial charge in [0.1, 0.15) is 10.7 Å². The maximum Gasteiger partial charge on any atom is 0.245 e.